The lowest BCUT2D eigenvalue weighted by Crippen LogP contribution is -2.34. The van der Waals surface area contributed by atoms with E-state index in [-0.39, 0.29) is 25.9 Å². The van der Waals surface area contributed by atoms with E-state index in [2.05, 4.69) is 6.92 Å². The highest BCUT2D eigenvalue weighted by Crippen LogP contribution is 2.26. The molecule has 2 aliphatic rings. The smallest absolute Gasteiger partial charge is 0.0810 e. The maximum absolute atomic E-state index is 8.95. The van der Waals surface area contributed by atoms with Crippen molar-refractivity contribution in [3.05, 3.63) is 0 Å². The van der Waals surface area contributed by atoms with E-state index >= 15 is 0 Å². The monoisotopic (exact) mass is 234 g/mol. The molecule has 0 amide bonds. The predicted molar refractivity (Wildman–Crippen MR) is 58.1 cm³/mol. The highest BCUT2D eigenvalue weighted by Gasteiger charge is 2.32. The third-order valence-electron chi connectivity index (χ3n) is 2.91. The van der Waals surface area contributed by atoms with Gasteiger partial charge in [-0.05, 0) is 19.8 Å². The van der Waals surface area contributed by atoms with Crippen LogP contribution in [0.4, 0.5) is 0 Å². The minimum Gasteiger partial charge on any atom is -0.396 e. The first kappa shape index (κ1) is 13.9. The first-order valence-electron chi connectivity index (χ1n) is 5.71. The predicted octanol–water partition coefficient (Wildman–Crippen LogP) is -0.466. The van der Waals surface area contributed by atoms with Gasteiger partial charge in [-0.25, -0.2) is 0 Å². The molecular formula is C11H22O5. The molecular weight excluding hydrogens is 212 g/mol. The van der Waals surface area contributed by atoms with Gasteiger partial charge < -0.3 is 24.8 Å². The fourth-order valence-corrected chi connectivity index (χ4v) is 1.19. The molecule has 3 N–H and O–H groups in total. The Hall–Kier alpha value is -0.200. The normalized spacial score (nSPS) is 27.0. The van der Waals surface area contributed by atoms with Gasteiger partial charge in [0, 0.05) is 5.41 Å². The quantitative estimate of drug-likeness (QED) is 0.541. The molecule has 2 aliphatic heterocycles. The van der Waals surface area contributed by atoms with Crippen molar-refractivity contribution in [3.8, 4) is 0 Å². The van der Waals surface area contributed by atoms with Crippen molar-refractivity contribution < 1.29 is 24.8 Å². The third kappa shape index (κ3) is 5.23. The number of aliphatic hydroxyl groups excluding tert-OH is 3. The van der Waals surface area contributed by atoms with Crippen molar-refractivity contribution >= 4 is 0 Å². The van der Waals surface area contributed by atoms with Crippen LogP contribution in [0.15, 0.2) is 0 Å². The summed E-state index contributed by atoms with van der Waals surface area (Å²) in [6.45, 7) is 3.30. The van der Waals surface area contributed by atoms with Crippen molar-refractivity contribution in [3.63, 3.8) is 0 Å². The number of hydrogen-bond acceptors (Lipinski definition) is 5. The number of hydrogen-bond donors (Lipinski definition) is 3. The SMILES string of the molecule is CC1CO1.OCC(CO)(CO)CCC1CO1. The van der Waals surface area contributed by atoms with Crippen LogP contribution in [0.25, 0.3) is 0 Å². The van der Waals surface area contributed by atoms with Gasteiger partial charge in [0.25, 0.3) is 0 Å². The van der Waals surface area contributed by atoms with Crippen LogP contribution in [0.5, 0.6) is 0 Å². The van der Waals surface area contributed by atoms with Crippen molar-refractivity contribution in [1.82, 2.24) is 0 Å². The Bertz CT molecular complexity index is 177. The van der Waals surface area contributed by atoms with Gasteiger partial charge in [-0.1, -0.05) is 0 Å². The van der Waals surface area contributed by atoms with Gasteiger partial charge in [-0.15, -0.1) is 0 Å². The summed E-state index contributed by atoms with van der Waals surface area (Å²) in [5.41, 5.74) is -0.716. The summed E-state index contributed by atoms with van der Waals surface area (Å²) < 4.78 is 9.70. The van der Waals surface area contributed by atoms with Gasteiger partial charge in [0.2, 0.25) is 0 Å². The highest BCUT2D eigenvalue weighted by molar-refractivity contribution is 4.80. The van der Waals surface area contributed by atoms with Gasteiger partial charge >= 0.3 is 0 Å². The molecule has 0 bridgehead atoms. The van der Waals surface area contributed by atoms with Gasteiger partial charge in [-0.3, -0.25) is 0 Å². The summed E-state index contributed by atoms with van der Waals surface area (Å²) in [7, 11) is 0. The zero-order valence-corrected chi connectivity index (χ0v) is 9.76. The van der Waals surface area contributed by atoms with Gasteiger partial charge in [0.1, 0.15) is 0 Å². The molecule has 96 valence electrons. The molecule has 2 unspecified atom stereocenters. The van der Waals surface area contributed by atoms with Gasteiger partial charge in [-0.2, -0.15) is 0 Å². The largest absolute Gasteiger partial charge is 0.396 e. The van der Waals surface area contributed by atoms with Gasteiger partial charge in [0.05, 0.1) is 45.2 Å². The van der Waals surface area contributed by atoms with E-state index in [1.54, 1.807) is 0 Å². The molecule has 2 rings (SSSR count). The van der Waals surface area contributed by atoms with Crippen LogP contribution in [0.2, 0.25) is 0 Å². The lowest BCUT2D eigenvalue weighted by Gasteiger charge is -2.26. The molecule has 2 saturated heterocycles. The standard InChI is InChI=1S/C8H16O4.C3H6O/c9-4-8(5-10,6-11)2-1-7-3-12-7;1-3-2-4-3/h7,9-11H,1-6H2;3H,2H2,1H3. The topological polar surface area (TPSA) is 85.8 Å². The Morgan fingerprint density at radius 3 is 1.75 bits per heavy atom. The Labute approximate surface area is 96.0 Å². The number of rotatable bonds is 6. The zero-order valence-electron chi connectivity index (χ0n) is 9.76. The molecule has 0 aliphatic carbocycles. The highest BCUT2D eigenvalue weighted by atomic mass is 16.6. The molecule has 0 aromatic rings. The number of epoxide rings is 2. The van der Waals surface area contributed by atoms with Gasteiger partial charge in [0.15, 0.2) is 0 Å². The van der Waals surface area contributed by atoms with E-state index in [0.717, 1.165) is 19.6 Å². The molecule has 2 heterocycles. The minimum absolute atomic E-state index is 0.174. The second-order valence-corrected chi connectivity index (χ2v) is 4.61. The summed E-state index contributed by atoms with van der Waals surface area (Å²) in [4.78, 5) is 0. The number of aliphatic hydroxyl groups is 3. The van der Waals surface area contributed by atoms with E-state index in [0.29, 0.717) is 12.5 Å². The van der Waals surface area contributed by atoms with E-state index in [1.807, 2.05) is 0 Å². The molecule has 5 nitrogen and oxygen atoms in total. The van der Waals surface area contributed by atoms with Crippen LogP contribution in [-0.4, -0.2) is 60.6 Å². The summed E-state index contributed by atoms with van der Waals surface area (Å²) in [5, 5.41) is 26.8. The van der Waals surface area contributed by atoms with Crippen molar-refractivity contribution in [2.75, 3.05) is 33.0 Å². The molecule has 0 spiro atoms. The Balaban J connectivity index is 0.000000267. The number of ether oxygens (including phenoxy) is 2. The van der Waals surface area contributed by atoms with E-state index in [4.69, 9.17) is 24.8 Å². The lowest BCUT2D eigenvalue weighted by molar-refractivity contribution is -0.00303. The summed E-state index contributed by atoms with van der Waals surface area (Å²) >= 11 is 0. The van der Waals surface area contributed by atoms with Crippen LogP contribution in [0, 0.1) is 5.41 Å². The van der Waals surface area contributed by atoms with E-state index in [9.17, 15) is 0 Å². The van der Waals surface area contributed by atoms with Crippen molar-refractivity contribution in [2.45, 2.75) is 32.0 Å². The van der Waals surface area contributed by atoms with Crippen molar-refractivity contribution in [1.29, 1.82) is 0 Å². The molecule has 2 atom stereocenters. The second-order valence-electron chi connectivity index (χ2n) is 4.61. The van der Waals surface area contributed by atoms with Crippen LogP contribution < -0.4 is 0 Å². The summed E-state index contributed by atoms with van der Waals surface area (Å²) in [5.74, 6) is 0. The molecule has 0 radical (unpaired) electrons. The van der Waals surface area contributed by atoms with Crippen LogP contribution >= 0.6 is 0 Å². The summed E-state index contributed by atoms with van der Waals surface area (Å²) in [6, 6.07) is 0. The van der Waals surface area contributed by atoms with E-state index < -0.39 is 5.41 Å². The van der Waals surface area contributed by atoms with Crippen LogP contribution in [0.3, 0.4) is 0 Å². The molecule has 2 fully saturated rings. The first-order chi connectivity index (χ1) is 7.65. The van der Waals surface area contributed by atoms with Crippen LogP contribution in [0.1, 0.15) is 19.8 Å². The molecule has 0 aromatic heterocycles. The maximum Gasteiger partial charge on any atom is 0.0810 e. The average molecular weight is 234 g/mol. The Morgan fingerprint density at radius 1 is 1.06 bits per heavy atom. The fraction of sp³-hybridized carbons (Fsp3) is 1.00. The maximum atomic E-state index is 8.95. The Morgan fingerprint density at radius 2 is 1.50 bits per heavy atom. The second kappa shape index (κ2) is 6.51. The zero-order chi connectivity index (χ0) is 12.0. The fourth-order valence-electron chi connectivity index (χ4n) is 1.19. The summed E-state index contributed by atoms with van der Waals surface area (Å²) in [6.07, 6.45) is 2.29. The molecule has 5 heteroatoms. The molecule has 0 saturated carbocycles. The molecule has 16 heavy (non-hydrogen) atoms. The average Bonchev–Trinajstić information content (AvgIpc) is 3.19. The molecule has 0 aromatic carbocycles. The van der Waals surface area contributed by atoms with Crippen LogP contribution in [-0.2, 0) is 9.47 Å². The Kier molecular flexibility index (Phi) is 5.64. The lowest BCUT2D eigenvalue weighted by atomic mass is 9.85. The first-order valence-corrected chi connectivity index (χ1v) is 5.71. The van der Waals surface area contributed by atoms with Crippen molar-refractivity contribution in [2.24, 2.45) is 5.41 Å². The minimum atomic E-state index is -0.716. The third-order valence-corrected chi connectivity index (χ3v) is 2.91. The van der Waals surface area contributed by atoms with E-state index in [1.165, 1.54) is 0 Å².